The smallest absolute Gasteiger partial charge is 0.0376 e. The van der Waals surface area contributed by atoms with Crippen LogP contribution in [0.3, 0.4) is 0 Å². The van der Waals surface area contributed by atoms with Crippen molar-refractivity contribution >= 4 is 5.69 Å². The fraction of sp³-hybridized carbons (Fsp3) is 0.467. The summed E-state index contributed by atoms with van der Waals surface area (Å²) in [4.78, 5) is 2.53. The van der Waals surface area contributed by atoms with Gasteiger partial charge in [-0.2, -0.15) is 0 Å². The number of anilines is 1. The summed E-state index contributed by atoms with van der Waals surface area (Å²) < 4.78 is 0. The van der Waals surface area contributed by atoms with E-state index >= 15 is 0 Å². The van der Waals surface area contributed by atoms with E-state index in [1.54, 1.807) is 0 Å². The van der Waals surface area contributed by atoms with Crippen molar-refractivity contribution in [1.29, 1.82) is 0 Å². The lowest BCUT2D eigenvalue weighted by molar-refractivity contribution is 0.284. The van der Waals surface area contributed by atoms with Gasteiger partial charge in [0.05, 0.1) is 0 Å². The Balaban J connectivity index is 1.72. The van der Waals surface area contributed by atoms with E-state index in [0.29, 0.717) is 0 Å². The molecule has 0 spiro atoms. The first-order chi connectivity index (χ1) is 8.36. The summed E-state index contributed by atoms with van der Waals surface area (Å²) in [6.07, 6.45) is 5.91. The fourth-order valence-corrected chi connectivity index (χ4v) is 2.62. The maximum absolute atomic E-state index is 3.86. The molecule has 0 atom stereocenters. The van der Waals surface area contributed by atoms with Crippen molar-refractivity contribution in [1.82, 2.24) is 4.90 Å². The predicted octanol–water partition coefficient (Wildman–Crippen LogP) is 2.81. The first-order valence-electron chi connectivity index (χ1n) is 6.57. The van der Waals surface area contributed by atoms with Gasteiger partial charge in [0.2, 0.25) is 0 Å². The number of nitrogens with zero attached hydrogens (tertiary/aromatic N) is 1. The van der Waals surface area contributed by atoms with Crippen LogP contribution in [0.25, 0.3) is 0 Å². The first-order valence-corrected chi connectivity index (χ1v) is 6.57. The van der Waals surface area contributed by atoms with Gasteiger partial charge in [0.25, 0.3) is 0 Å². The van der Waals surface area contributed by atoms with Crippen LogP contribution in [0.2, 0.25) is 0 Å². The van der Waals surface area contributed by atoms with Crippen molar-refractivity contribution in [2.24, 2.45) is 0 Å². The van der Waals surface area contributed by atoms with Gasteiger partial charge < -0.3 is 5.32 Å². The maximum Gasteiger partial charge on any atom is 0.0376 e. The molecule has 1 aromatic carbocycles. The van der Waals surface area contributed by atoms with Crippen molar-refractivity contribution in [3.63, 3.8) is 0 Å². The average Bonchev–Trinajstić information content (AvgIpc) is 3.07. The summed E-state index contributed by atoms with van der Waals surface area (Å²) in [6, 6.07) is 7.68. The molecule has 0 unspecified atom stereocenters. The van der Waals surface area contributed by atoms with Crippen LogP contribution in [0.5, 0.6) is 0 Å². The van der Waals surface area contributed by atoms with Gasteiger partial charge in [0, 0.05) is 31.4 Å². The van der Waals surface area contributed by atoms with Gasteiger partial charge in [-0.05, 0) is 36.5 Å². The summed E-state index contributed by atoms with van der Waals surface area (Å²) in [5.74, 6) is 0. The molecule has 2 nitrogen and oxygen atoms in total. The number of rotatable bonds is 5. The first kappa shape index (κ1) is 10.8. The van der Waals surface area contributed by atoms with E-state index < -0.39 is 0 Å². The monoisotopic (exact) mass is 228 g/mol. The van der Waals surface area contributed by atoms with E-state index in [2.05, 4.69) is 35.0 Å². The number of hydrogen-bond acceptors (Lipinski definition) is 2. The zero-order valence-corrected chi connectivity index (χ0v) is 10.3. The number of hydrogen-bond donors (Lipinski definition) is 1. The van der Waals surface area contributed by atoms with E-state index in [0.717, 1.165) is 25.7 Å². The Labute approximate surface area is 103 Å². The lowest BCUT2D eigenvalue weighted by Crippen LogP contribution is -2.25. The van der Waals surface area contributed by atoms with Crippen LogP contribution >= 0.6 is 0 Å². The molecule has 3 rings (SSSR count). The highest BCUT2D eigenvalue weighted by Gasteiger charge is 2.28. The van der Waals surface area contributed by atoms with Gasteiger partial charge in [-0.15, -0.1) is 6.58 Å². The molecule has 0 aromatic heterocycles. The molecule has 1 aliphatic carbocycles. The minimum atomic E-state index is 0.800. The van der Waals surface area contributed by atoms with Crippen LogP contribution in [0.15, 0.2) is 30.9 Å². The van der Waals surface area contributed by atoms with E-state index in [1.165, 1.54) is 36.1 Å². The molecule has 1 aromatic rings. The molecule has 1 heterocycles. The van der Waals surface area contributed by atoms with Gasteiger partial charge in [0.15, 0.2) is 0 Å². The van der Waals surface area contributed by atoms with E-state index in [-0.39, 0.29) is 0 Å². The second kappa shape index (κ2) is 4.53. The molecule has 0 saturated heterocycles. The van der Waals surface area contributed by atoms with E-state index in [4.69, 9.17) is 0 Å². The highest BCUT2D eigenvalue weighted by Crippen LogP contribution is 2.29. The van der Waals surface area contributed by atoms with Crippen molar-refractivity contribution in [2.45, 2.75) is 31.8 Å². The minimum Gasteiger partial charge on any atom is -0.384 e. The molecule has 0 radical (unpaired) electrons. The zero-order valence-electron chi connectivity index (χ0n) is 10.3. The summed E-state index contributed by atoms with van der Waals surface area (Å²) in [5.41, 5.74) is 4.24. The Hall–Kier alpha value is -1.28. The largest absolute Gasteiger partial charge is 0.384 e. The Morgan fingerprint density at radius 2 is 2.29 bits per heavy atom. The Morgan fingerprint density at radius 1 is 1.41 bits per heavy atom. The third kappa shape index (κ3) is 2.37. The van der Waals surface area contributed by atoms with Crippen molar-refractivity contribution < 1.29 is 0 Å². The second-order valence-corrected chi connectivity index (χ2v) is 5.12. The third-order valence-corrected chi connectivity index (χ3v) is 3.70. The Bertz CT molecular complexity index is 421. The highest BCUT2D eigenvalue weighted by atomic mass is 15.2. The highest BCUT2D eigenvalue weighted by molar-refractivity contribution is 5.57. The van der Waals surface area contributed by atoms with Crippen molar-refractivity contribution in [3.05, 3.63) is 42.0 Å². The van der Waals surface area contributed by atoms with Crippen LogP contribution in [0.1, 0.15) is 24.0 Å². The van der Waals surface area contributed by atoms with Crippen LogP contribution < -0.4 is 5.32 Å². The zero-order chi connectivity index (χ0) is 11.7. The summed E-state index contributed by atoms with van der Waals surface area (Å²) >= 11 is 0. The van der Waals surface area contributed by atoms with Crippen LogP contribution in [-0.2, 0) is 13.0 Å². The minimum absolute atomic E-state index is 0.800. The molecule has 1 aliphatic heterocycles. The lowest BCUT2D eigenvalue weighted by atomic mass is 10.1. The van der Waals surface area contributed by atoms with E-state index in [1.807, 2.05) is 6.08 Å². The summed E-state index contributed by atoms with van der Waals surface area (Å²) in [6.45, 7) is 7.02. The molecule has 1 fully saturated rings. The molecule has 17 heavy (non-hydrogen) atoms. The quantitative estimate of drug-likeness (QED) is 0.780. The van der Waals surface area contributed by atoms with Crippen LogP contribution in [-0.4, -0.2) is 24.0 Å². The lowest BCUT2D eigenvalue weighted by Gasteiger charge is -2.20. The average molecular weight is 228 g/mol. The van der Waals surface area contributed by atoms with E-state index in [9.17, 15) is 0 Å². The predicted molar refractivity (Wildman–Crippen MR) is 72.3 cm³/mol. The molecule has 0 amide bonds. The maximum atomic E-state index is 3.86. The van der Waals surface area contributed by atoms with Gasteiger partial charge in [-0.1, -0.05) is 18.2 Å². The normalized spacial score (nSPS) is 17.9. The topological polar surface area (TPSA) is 15.3 Å². The number of fused-ring (bicyclic) bond motifs is 1. The van der Waals surface area contributed by atoms with Gasteiger partial charge in [-0.3, -0.25) is 4.90 Å². The number of nitrogens with one attached hydrogen (secondary N) is 1. The van der Waals surface area contributed by atoms with Crippen LogP contribution in [0.4, 0.5) is 5.69 Å². The van der Waals surface area contributed by atoms with Gasteiger partial charge in [0.1, 0.15) is 0 Å². The van der Waals surface area contributed by atoms with Gasteiger partial charge >= 0.3 is 0 Å². The Kier molecular flexibility index (Phi) is 2.89. The van der Waals surface area contributed by atoms with Crippen molar-refractivity contribution in [2.75, 3.05) is 18.4 Å². The fourth-order valence-electron chi connectivity index (χ4n) is 2.62. The van der Waals surface area contributed by atoms with Gasteiger partial charge in [-0.25, -0.2) is 0 Å². The van der Waals surface area contributed by atoms with Crippen LogP contribution in [0, 0.1) is 0 Å². The molecular weight excluding hydrogens is 208 g/mol. The number of benzene rings is 1. The third-order valence-electron chi connectivity index (χ3n) is 3.70. The molecule has 0 bridgehead atoms. The van der Waals surface area contributed by atoms with Crippen molar-refractivity contribution in [3.8, 4) is 0 Å². The molecular formula is C15H20N2. The summed E-state index contributed by atoms with van der Waals surface area (Å²) in [5, 5.41) is 3.45. The molecule has 1 saturated carbocycles. The SMILES string of the molecule is C=CCN(Cc1ccc2c(c1)NCC2)C1CC1. The molecule has 1 N–H and O–H groups in total. The second-order valence-electron chi connectivity index (χ2n) is 5.12. The molecule has 2 heteroatoms. The molecule has 90 valence electrons. The Morgan fingerprint density at radius 3 is 3.06 bits per heavy atom. The molecule has 2 aliphatic rings. The standard InChI is InChI=1S/C15H20N2/c1-2-9-17(14-5-6-14)11-12-3-4-13-7-8-16-15(13)10-12/h2-4,10,14,16H,1,5-9,11H2. The summed E-state index contributed by atoms with van der Waals surface area (Å²) in [7, 11) is 0.